The molecule has 564 valence electrons. The number of rotatable bonds is 31. The zero-order valence-corrected chi connectivity index (χ0v) is 59.8. The van der Waals surface area contributed by atoms with Crippen LogP contribution < -0.4 is 25.0 Å². The van der Waals surface area contributed by atoms with E-state index in [1.165, 1.54) is 29.5 Å². The highest BCUT2D eigenvalue weighted by molar-refractivity contribution is 7.22. The number of aliphatic carboxylic acids is 2. The van der Waals surface area contributed by atoms with Gasteiger partial charge in [0.25, 0.3) is 17.7 Å². The number of hydrogen-bond acceptors (Lipinski definition) is 23. The van der Waals surface area contributed by atoms with Gasteiger partial charge in [-0.15, -0.1) is 0 Å². The fourth-order valence-electron chi connectivity index (χ4n) is 17.3. The number of aliphatic hydroxyl groups excluding tert-OH is 3. The molecule has 5 amide bonds. The van der Waals surface area contributed by atoms with Crippen molar-refractivity contribution in [1.82, 2.24) is 39.8 Å². The molecule has 106 heavy (non-hydrogen) atoms. The third-order valence-corrected chi connectivity index (χ3v) is 22.5. The lowest BCUT2D eigenvalue weighted by Gasteiger charge is -2.65. The molecule has 31 heteroatoms. The number of pyridine rings is 1. The predicted molar refractivity (Wildman–Crippen MR) is 381 cm³/mol. The summed E-state index contributed by atoms with van der Waals surface area (Å²) >= 11 is 1.41. The van der Waals surface area contributed by atoms with E-state index in [9.17, 15) is 69.0 Å². The summed E-state index contributed by atoms with van der Waals surface area (Å²) in [4.78, 5) is 117. The molecule has 3 aromatic heterocycles. The average Bonchev–Trinajstić information content (AvgIpc) is 0.921. The molecule has 0 spiro atoms. The second kappa shape index (κ2) is 31.9. The van der Waals surface area contributed by atoms with Crippen LogP contribution >= 0.6 is 11.3 Å². The van der Waals surface area contributed by atoms with Crippen molar-refractivity contribution < 1.29 is 97.4 Å². The average molecular weight is 1480 g/mol. The molecular formula is C75H88N10O20S. The number of nitrogens with zero attached hydrogens (tertiary/aromatic N) is 8. The molecule has 6 fully saturated rings. The first-order valence-corrected chi connectivity index (χ1v) is 36.8. The third kappa shape index (κ3) is 16.9. The van der Waals surface area contributed by atoms with E-state index in [4.69, 9.17) is 38.5 Å². The molecule has 0 radical (unpaired) electrons. The minimum atomic E-state index is -1.95. The van der Waals surface area contributed by atoms with Crippen LogP contribution in [0, 0.1) is 23.7 Å². The number of carboxylic acids is 3. The summed E-state index contributed by atoms with van der Waals surface area (Å²) in [7, 11) is 0. The van der Waals surface area contributed by atoms with Crippen LogP contribution in [0.4, 0.5) is 15.7 Å². The second-order valence-electron chi connectivity index (χ2n) is 29.2. The van der Waals surface area contributed by atoms with Crippen LogP contribution in [0.1, 0.15) is 121 Å². The van der Waals surface area contributed by atoms with E-state index < -0.39 is 78.0 Å². The summed E-state index contributed by atoms with van der Waals surface area (Å²) in [6.07, 6.45) is 1.91. The van der Waals surface area contributed by atoms with Crippen LogP contribution in [0.3, 0.4) is 0 Å². The lowest BCUT2D eigenvalue weighted by atomic mass is 9.43. The van der Waals surface area contributed by atoms with Crippen molar-refractivity contribution in [2.75, 3.05) is 82.5 Å². The fourth-order valence-corrected chi connectivity index (χ4v) is 18.1. The monoisotopic (exact) mass is 1480 g/mol. The second-order valence-corrected chi connectivity index (χ2v) is 30.3. The number of benzene rings is 3. The number of aromatic nitrogens is 4. The maximum Gasteiger partial charge on any atom is 0.410 e. The number of para-hydroxylation sites is 1. The van der Waals surface area contributed by atoms with Crippen molar-refractivity contribution >= 4 is 80.1 Å². The Labute approximate surface area is 614 Å². The number of hydrogen-bond donors (Lipinski definition) is 8. The van der Waals surface area contributed by atoms with Crippen LogP contribution in [0.15, 0.2) is 91.1 Å². The van der Waals surface area contributed by atoms with E-state index in [0.717, 1.165) is 82.6 Å². The fraction of sp³-hybridized carbons (Fsp3) is 0.507. The minimum Gasteiger partial charge on any atom is -0.491 e. The number of aliphatic hydroxyl groups is 3. The molecule has 4 saturated carbocycles. The maximum absolute atomic E-state index is 13.9. The Kier molecular flexibility index (Phi) is 22.5. The quantitative estimate of drug-likeness (QED) is 0.0178. The van der Waals surface area contributed by atoms with Gasteiger partial charge in [-0.05, 0) is 148 Å². The van der Waals surface area contributed by atoms with Crippen LogP contribution in [-0.4, -0.2) is 227 Å². The zero-order valence-electron chi connectivity index (χ0n) is 59.0. The Balaban J connectivity index is 0.616. The SMILES string of the molecule is Cc1c(-c2ccc(N3CCc4cccc(C(=O)Nc5nc6ccccc6s5)c4C3)nc2C(=O)O)cnn1CC12CC3CC(C)(C1)CC(OCCN(CCCC(=O)O)C1CCN(C(=O)OCc4ccc(O[C@@H]5O[C@H](C(=O)O)[C@@H](O)[C@H](O)[C@H]5O)cc4OCCOCCNC(=O)CCN4C(=O)C=CC4=O)CC1)(C3)C2. The molecule has 14 rings (SSSR count). The summed E-state index contributed by atoms with van der Waals surface area (Å²) in [6.45, 7) is 7.85. The van der Waals surface area contributed by atoms with Crippen molar-refractivity contribution in [3.8, 4) is 22.6 Å². The number of aromatic carboxylic acids is 1. The van der Waals surface area contributed by atoms with E-state index in [1.807, 2.05) is 65.0 Å². The normalized spacial score (nSPS) is 24.8. The maximum atomic E-state index is 13.9. The van der Waals surface area contributed by atoms with Gasteiger partial charge in [-0.25, -0.2) is 24.4 Å². The highest BCUT2D eigenvalue weighted by atomic mass is 32.1. The first-order valence-electron chi connectivity index (χ1n) is 36.0. The molecule has 4 unspecified atom stereocenters. The van der Waals surface area contributed by atoms with Crippen molar-refractivity contribution in [3.63, 3.8) is 0 Å². The molecule has 2 saturated heterocycles. The lowest BCUT2D eigenvalue weighted by Crippen LogP contribution is -2.61. The Bertz CT molecular complexity index is 4300. The van der Waals surface area contributed by atoms with Crippen LogP contribution in [-0.2, 0) is 69.0 Å². The van der Waals surface area contributed by atoms with Gasteiger partial charge in [0.1, 0.15) is 48.8 Å². The number of piperidine rings is 1. The molecule has 8 aliphatic rings. The minimum absolute atomic E-state index is 0.00287. The molecular weight excluding hydrogens is 1390 g/mol. The molecule has 3 aromatic carbocycles. The molecule has 6 aromatic rings. The number of carbonyl (C=O) groups is 8. The number of carboxylic acid groups (broad SMARTS) is 3. The standard InChI is InChI=1S/C75H88N10O20S/c1-44-52(50-14-15-57(79-62(50)68(95)96)83-24-18-46-7-5-8-51(53(46)38-83)67(94)80-71-78-54-9-3-4-10-56(54)106-71)37-77-85(44)43-74-35-45-34-73(2,40-74)41-75(36-45,42-74)103-30-28-81(23-6-11-61(89)90)48-19-25-82(26-20-48)72(99)102-39-47-12-13-49(104-70-65(93)63(91)64(92)66(105-70)69(97)98)33-55(47)101-32-31-100-29-22-76-58(86)21-27-84-59(87)16-17-60(84)88/h3-5,7-10,12-17,33,37,45,48,63-66,70,91-93H,6,11,18-32,34-36,38-43H2,1-2H3,(H,76,86)(H,89,90)(H,95,96)(H,97,98)(H,78,80,94)/t45?,63-,64-,65+,66-,70+,73?,74?,75?/m0/s1. The van der Waals surface area contributed by atoms with Gasteiger partial charge in [0.15, 0.2) is 16.9 Å². The van der Waals surface area contributed by atoms with Crippen LogP contribution in [0.5, 0.6) is 11.5 Å². The molecule has 4 bridgehead atoms. The predicted octanol–water partition coefficient (Wildman–Crippen LogP) is 6.19. The molecule has 4 aliphatic carbocycles. The van der Waals surface area contributed by atoms with Gasteiger partial charge in [0, 0.05) is 117 Å². The Morgan fingerprint density at radius 3 is 2.38 bits per heavy atom. The number of nitrogens with one attached hydrogen (secondary N) is 2. The van der Waals surface area contributed by atoms with Gasteiger partial charge >= 0.3 is 24.0 Å². The Morgan fingerprint density at radius 1 is 0.811 bits per heavy atom. The molecule has 9 atom stereocenters. The third-order valence-electron chi connectivity index (χ3n) is 21.6. The van der Waals surface area contributed by atoms with Gasteiger partial charge in [-0.3, -0.25) is 43.8 Å². The van der Waals surface area contributed by atoms with E-state index in [-0.39, 0.29) is 92.3 Å². The van der Waals surface area contributed by atoms with Gasteiger partial charge < -0.3 is 74.2 Å². The number of amides is 5. The largest absolute Gasteiger partial charge is 0.491 e. The van der Waals surface area contributed by atoms with Crippen molar-refractivity contribution in [2.24, 2.45) is 16.7 Å². The van der Waals surface area contributed by atoms with E-state index >= 15 is 0 Å². The summed E-state index contributed by atoms with van der Waals surface area (Å²) in [6, 6.07) is 21.4. The number of likely N-dealkylation sites (tertiary alicyclic amines) is 1. The summed E-state index contributed by atoms with van der Waals surface area (Å²) < 4.78 is 38.9. The molecule has 30 nitrogen and oxygen atoms in total. The zero-order chi connectivity index (χ0) is 74.6. The van der Waals surface area contributed by atoms with E-state index in [1.54, 1.807) is 17.2 Å². The van der Waals surface area contributed by atoms with Gasteiger partial charge in [0.2, 0.25) is 12.2 Å². The van der Waals surface area contributed by atoms with Gasteiger partial charge in [-0.2, -0.15) is 5.10 Å². The Hall–Kier alpha value is -9.47. The molecule has 8 N–H and O–H groups in total. The van der Waals surface area contributed by atoms with E-state index in [0.29, 0.717) is 117 Å². The summed E-state index contributed by atoms with van der Waals surface area (Å²) in [5.41, 5.74) is 4.96. The highest BCUT2D eigenvalue weighted by Crippen LogP contribution is 2.68. The van der Waals surface area contributed by atoms with Crippen LogP contribution in [0.25, 0.3) is 21.3 Å². The number of fused-ring (bicyclic) bond motifs is 2. The highest BCUT2D eigenvalue weighted by Gasteiger charge is 2.63. The number of ether oxygens (including phenoxy) is 6. The van der Waals surface area contributed by atoms with E-state index in [2.05, 4.69) is 27.4 Å². The number of anilines is 2. The smallest absolute Gasteiger partial charge is 0.410 e. The summed E-state index contributed by atoms with van der Waals surface area (Å²) in [5, 5.41) is 72.5. The topological polar surface area (TPSA) is 394 Å². The van der Waals surface area contributed by atoms with Gasteiger partial charge in [0.05, 0.1) is 41.8 Å². The first-order chi connectivity index (χ1) is 50.9. The Morgan fingerprint density at radius 2 is 1.61 bits per heavy atom. The number of imide groups is 1. The number of carbonyl (C=O) groups excluding carboxylic acids is 5. The molecule has 7 heterocycles. The first kappa shape index (κ1) is 74.8. The van der Waals surface area contributed by atoms with Crippen molar-refractivity contribution in [1.29, 1.82) is 0 Å². The van der Waals surface area contributed by atoms with Crippen molar-refractivity contribution in [3.05, 3.63) is 125 Å². The van der Waals surface area contributed by atoms with Crippen molar-refractivity contribution in [2.45, 2.75) is 153 Å². The lowest BCUT2D eigenvalue weighted by molar-refractivity contribution is -0.271. The summed E-state index contributed by atoms with van der Waals surface area (Å²) in [5.74, 6) is -4.25. The number of thiazole rings is 1. The molecule has 4 aliphatic heterocycles. The van der Waals surface area contributed by atoms with Crippen LogP contribution in [0.2, 0.25) is 0 Å². The van der Waals surface area contributed by atoms with Gasteiger partial charge in [-0.1, -0.05) is 42.5 Å².